The lowest BCUT2D eigenvalue weighted by Crippen LogP contribution is -2.53. The number of aliphatic carboxylic acids is 1. The number of primary amides is 1. The predicted octanol–water partition coefficient (Wildman–Crippen LogP) is -0.999. The highest BCUT2D eigenvalue weighted by atomic mass is 16.4. The number of carboxylic acid groups (broad SMARTS) is 1. The number of carboxylic acids is 1. The normalized spacial score (nSPS) is 17.6. The monoisotopic (exact) mass is 441 g/mol. The van der Waals surface area contributed by atoms with E-state index in [4.69, 9.17) is 10.8 Å². The standard InChI is InChI=1S/C20H35N5O6/c1-12(2)11-15(20(31)25-13(18(21)29)7-8-17(27)28)24-16(26)6-4-10-23-19(30)14-5-3-9-22-14/h12-15,22H,3-11H2,1-2H3,(H2,21,29)(H,23,30)(H,24,26)(H,25,31)(H,27,28)/t13-,14+,15-/m0/s1. The van der Waals surface area contributed by atoms with Gasteiger partial charge in [0.25, 0.3) is 0 Å². The van der Waals surface area contributed by atoms with E-state index in [0.29, 0.717) is 19.4 Å². The molecule has 0 aromatic carbocycles. The molecule has 11 heteroatoms. The van der Waals surface area contributed by atoms with E-state index in [1.54, 1.807) is 0 Å². The topological polar surface area (TPSA) is 180 Å². The molecule has 1 rings (SSSR count). The molecule has 1 aliphatic heterocycles. The van der Waals surface area contributed by atoms with E-state index < -0.39 is 29.9 Å². The fraction of sp³-hybridized carbons (Fsp3) is 0.750. The maximum Gasteiger partial charge on any atom is 0.303 e. The first-order valence-electron chi connectivity index (χ1n) is 10.7. The first kappa shape index (κ1) is 26.3. The van der Waals surface area contributed by atoms with Crippen LogP contribution in [0.3, 0.4) is 0 Å². The van der Waals surface area contributed by atoms with Crippen molar-refractivity contribution in [2.75, 3.05) is 13.1 Å². The van der Waals surface area contributed by atoms with Gasteiger partial charge in [0.15, 0.2) is 0 Å². The van der Waals surface area contributed by atoms with Crippen molar-refractivity contribution in [2.24, 2.45) is 11.7 Å². The van der Waals surface area contributed by atoms with E-state index >= 15 is 0 Å². The van der Waals surface area contributed by atoms with Crippen LogP contribution in [0.25, 0.3) is 0 Å². The third kappa shape index (κ3) is 10.8. The lowest BCUT2D eigenvalue weighted by atomic mass is 10.0. The second-order valence-corrected chi connectivity index (χ2v) is 8.19. The Morgan fingerprint density at radius 1 is 1.10 bits per heavy atom. The fourth-order valence-electron chi connectivity index (χ4n) is 3.29. The summed E-state index contributed by atoms with van der Waals surface area (Å²) in [5.41, 5.74) is 5.25. The van der Waals surface area contributed by atoms with Gasteiger partial charge in [-0.15, -0.1) is 0 Å². The Bertz CT molecular complexity index is 648. The molecule has 11 nitrogen and oxygen atoms in total. The maximum atomic E-state index is 12.6. The van der Waals surface area contributed by atoms with Crippen molar-refractivity contribution in [3.63, 3.8) is 0 Å². The fourth-order valence-corrected chi connectivity index (χ4v) is 3.29. The molecule has 0 aliphatic carbocycles. The Kier molecular flexibility index (Phi) is 11.5. The second-order valence-electron chi connectivity index (χ2n) is 8.19. The number of rotatable bonds is 14. The maximum absolute atomic E-state index is 12.6. The molecule has 1 aliphatic rings. The predicted molar refractivity (Wildman–Crippen MR) is 113 cm³/mol. The molecular weight excluding hydrogens is 406 g/mol. The number of hydrogen-bond donors (Lipinski definition) is 6. The van der Waals surface area contributed by atoms with Crippen molar-refractivity contribution in [1.29, 1.82) is 0 Å². The summed E-state index contributed by atoms with van der Waals surface area (Å²) in [4.78, 5) is 59.1. The minimum absolute atomic E-state index is 0.0752. The molecular formula is C20H35N5O6. The van der Waals surface area contributed by atoms with Crippen LogP contribution in [0.2, 0.25) is 0 Å². The van der Waals surface area contributed by atoms with Crippen molar-refractivity contribution < 1.29 is 29.1 Å². The van der Waals surface area contributed by atoms with E-state index in [2.05, 4.69) is 21.3 Å². The zero-order valence-electron chi connectivity index (χ0n) is 18.2. The minimum Gasteiger partial charge on any atom is -0.481 e. The van der Waals surface area contributed by atoms with Crippen LogP contribution < -0.4 is 27.0 Å². The highest BCUT2D eigenvalue weighted by Gasteiger charge is 2.27. The van der Waals surface area contributed by atoms with Crippen LogP contribution in [0.4, 0.5) is 0 Å². The van der Waals surface area contributed by atoms with Crippen molar-refractivity contribution in [1.82, 2.24) is 21.3 Å². The van der Waals surface area contributed by atoms with E-state index in [-0.39, 0.29) is 43.0 Å². The molecule has 0 aromatic heterocycles. The van der Waals surface area contributed by atoms with Crippen molar-refractivity contribution >= 4 is 29.6 Å². The van der Waals surface area contributed by atoms with Crippen molar-refractivity contribution in [3.8, 4) is 0 Å². The average molecular weight is 442 g/mol. The lowest BCUT2D eigenvalue weighted by molar-refractivity contribution is -0.138. The Balaban J connectivity index is 2.50. The van der Waals surface area contributed by atoms with Gasteiger partial charge in [0.1, 0.15) is 12.1 Å². The van der Waals surface area contributed by atoms with Crippen LogP contribution >= 0.6 is 0 Å². The molecule has 1 fully saturated rings. The van der Waals surface area contributed by atoms with Gasteiger partial charge in [0, 0.05) is 19.4 Å². The van der Waals surface area contributed by atoms with Gasteiger partial charge in [-0.25, -0.2) is 0 Å². The number of nitrogens with two attached hydrogens (primary N) is 1. The molecule has 1 saturated heterocycles. The van der Waals surface area contributed by atoms with E-state index in [0.717, 1.165) is 19.4 Å². The van der Waals surface area contributed by atoms with Crippen molar-refractivity contribution in [3.05, 3.63) is 0 Å². The van der Waals surface area contributed by atoms with Crippen LogP contribution in [0, 0.1) is 5.92 Å². The Morgan fingerprint density at radius 2 is 1.81 bits per heavy atom. The number of hydrogen-bond acceptors (Lipinski definition) is 6. The van der Waals surface area contributed by atoms with E-state index in [1.807, 2.05) is 13.8 Å². The van der Waals surface area contributed by atoms with Gasteiger partial charge in [0.05, 0.1) is 6.04 Å². The molecule has 31 heavy (non-hydrogen) atoms. The Hall–Kier alpha value is -2.69. The van der Waals surface area contributed by atoms with Crippen LogP contribution in [-0.4, -0.2) is 65.9 Å². The molecule has 0 spiro atoms. The van der Waals surface area contributed by atoms with Gasteiger partial charge in [-0.05, 0) is 44.6 Å². The third-order valence-electron chi connectivity index (χ3n) is 4.92. The molecule has 0 unspecified atom stereocenters. The molecule has 7 N–H and O–H groups in total. The SMILES string of the molecule is CC(C)C[C@H](NC(=O)CCCNC(=O)[C@H]1CCCN1)C(=O)N[C@@H](CCC(=O)O)C(N)=O. The molecule has 0 bridgehead atoms. The summed E-state index contributed by atoms with van der Waals surface area (Å²) in [6, 6.07) is -2.18. The van der Waals surface area contributed by atoms with Crippen molar-refractivity contribution in [2.45, 2.75) is 76.9 Å². The number of nitrogens with one attached hydrogen (secondary N) is 4. The lowest BCUT2D eigenvalue weighted by Gasteiger charge is -2.23. The smallest absolute Gasteiger partial charge is 0.303 e. The molecule has 0 saturated carbocycles. The summed E-state index contributed by atoms with van der Waals surface area (Å²) in [7, 11) is 0. The minimum atomic E-state index is -1.13. The summed E-state index contributed by atoms with van der Waals surface area (Å²) in [5.74, 6) is -2.87. The highest BCUT2D eigenvalue weighted by molar-refractivity contribution is 5.91. The Morgan fingerprint density at radius 3 is 2.35 bits per heavy atom. The number of carbonyl (C=O) groups is 5. The summed E-state index contributed by atoms with van der Waals surface area (Å²) in [6.45, 7) is 4.95. The molecule has 176 valence electrons. The molecule has 3 atom stereocenters. The van der Waals surface area contributed by atoms with Gasteiger partial charge < -0.3 is 32.1 Å². The van der Waals surface area contributed by atoms with Crippen LogP contribution in [0.5, 0.6) is 0 Å². The Labute approximate surface area is 182 Å². The highest BCUT2D eigenvalue weighted by Crippen LogP contribution is 2.08. The molecule has 0 aromatic rings. The van der Waals surface area contributed by atoms with Gasteiger partial charge in [-0.2, -0.15) is 0 Å². The van der Waals surface area contributed by atoms with Gasteiger partial charge in [-0.3, -0.25) is 24.0 Å². The van der Waals surface area contributed by atoms with E-state index in [1.165, 1.54) is 0 Å². The zero-order valence-corrected chi connectivity index (χ0v) is 18.2. The first-order chi connectivity index (χ1) is 14.6. The molecule has 1 heterocycles. The summed E-state index contributed by atoms with van der Waals surface area (Å²) >= 11 is 0. The summed E-state index contributed by atoms with van der Waals surface area (Å²) < 4.78 is 0. The van der Waals surface area contributed by atoms with Gasteiger partial charge in [0.2, 0.25) is 23.6 Å². The zero-order chi connectivity index (χ0) is 23.4. The number of amides is 4. The average Bonchev–Trinajstić information content (AvgIpc) is 3.21. The molecule has 4 amide bonds. The van der Waals surface area contributed by atoms with Gasteiger partial charge >= 0.3 is 5.97 Å². The van der Waals surface area contributed by atoms with Crippen LogP contribution in [-0.2, 0) is 24.0 Å². The van der Waals surface area contributed by atoms with Crippen LogP contribution in [0.1, 0.15) is 58.8 Å². The molecule has 0 radical (unpaired) electrons. The second kappa shape index (κ2) is 13.6. The quantitative estimate of drug-likeness (QED) is 0.187. The largest absolute Gasteiger partial charge is 0.481 e. The number of carbonyl (C=O) groups excluding carboxylic acids is 4. The van der Waals surface area contributed by atoms with Gasteiger partial charge in [-0.1, -0.05) is 13.8 Å². The summed E-state index contributed by atoms with van der Waals surface area (Å²) in [5, 5.41) is 19.8. The van der Waals surface area contributed by atoms with E-state index in [9.17, 15) is 24.0 Å². The first-order valence-corrected chi connectivity index (χ1v) is 10.7. The van der Waals surface area contributed by atoms with Crippen LogP contribution in [0.15, 0.2) is 0 Å². The third-order valence-corrected chi connectivity index (χ3v) is 4.92. The summed E-state index contributed by atoms with van der Waals surface area (Å²) in [6.07, 6.45) is 2.20.